The average Bonchev–Trinajstić information content (AvgIpc) is 2.59. The fraction of sp³-hybridized carbons (Fsp3) is 0.364. The summed E-state index contributed by atoms with van der Waals surface area (Å²) in [5.41, 5.74) is 1.29. The van der Waals surface area contributed by atoms with E-state index in [0.717, 1.165) is 18.4 Å². The average molecular weight is 269 g/mol. The van der Waals surface area contributed by atoms with Crippen LogP contribution in [-0.2, 0) is 6.42 Å². The standard InChI is InChI=1S/C11H14N2OSe/c1-13(2)6-4-8-7-15-9-3-5-12-11(14)10(8)9/h3,5,7H,4,6H2,1-2H3,(H,12,14). The number of pyridine rings is 1. The molecule has 0 aliphatic heterocycles. The Bertz CT molecular complexity index is 513. The van der Waals surface area contributed by atoms with Crippen molar-refractivity contribution in [3.63, 3.8) is 0 Å². The van der Waals surface area contributed by atoms with Crippen LogP contribution >= 0.6 is 0 Å². The van der Waals surface area contributed by atoms with Crippen LogP contribution < -0.4 is 5.56 Å². The molecule has 0 unspecified atom stereocenters. The summed E-state index contributed by atoms with van der Waals surface area (Å²) in [5, 5.41) is 0.930. The van der Waals surface area contributed by atoms with Gasteiger partial charge in [0.1, 0.15) is 0 Å². The van der Waals surface area contributed by atoms with Crippen LogP contribution in [0, 0.1) is 0 Å². The van der Waals surface area contributed by atoms with E-state index in [1.54, 1.807) is 6.20 Å². The molecule has 4 heteroatoms. The summed E-state index contributed by atoms with van der Waals surface area (Å²) in [6.45, 7) is 0.996. The third-order valence-corrected chi connectivity index (χ3v) is 4.49. The molecule has 1 N–H and O–H groups in total. The van der Waals surface area contributed by atoms with E-state index < -0.39 is 0 Å². The Morgan fingerprint density at radius 3 is 3.00 bits per heavy atom. The third-order valence-electron chi connectivity index (χ3n) is 2.40. The molecule has 2 aromatic rings. The van der Waals surface area contributed by atoms with Gasteiger partial charge in [-0.1, -0.05) is 0 Å². The van der Waals surface area contributed by atoms with E-state index in [0.29, 0.717) is 14.5 Å². The maximum atomic E-state index is 11.7. The number of likely N-dealkylation sites (N-methyl/N-ethyl adjacent to an activating group) is 1. The summed E-state index contributed by atoms with van der Waals surface area (Å²) >= 11 is 0.352. The summed E-state index contributed by atoms with van der Waals surface area (Å²) < 4.78 is 1.22. The first-order valence-electron chi connectivity index (χ1n) is 4.91. The summed E-state index contributed by atoms with van der Waals surface area (Å²) in [4.78, 5) is 18.8. The van der Waals surface area contributed by atoms with Gasteiger partial charge in [-0.2, -0.15) is 0 Å². The number of fused-ring (bicyclic) bond motifs is 1. The van der Waals surface area contributed by atoms with Crippen molar-refractivity contribution in [1.82, 2.24) is 9.88 Å². The zero-order valence-corrected chi connectivity index (χ0v) is 10.6. The van der Waals surface area contributed by atoms with Crippen LogP contribution in [0.4, 0.5) is 0 Å². The van der Waals surface area contributed by atoms with Crippen LogP contribution in [-0.4, -0.2) is 45.0 Å². The fourth-order valence-corrected chi connectivity index (χ4v) is 3.67. The molecule has 3 nitrogen and oxygen atoms in total. The number of rotatable bonds is 3. The van der Waals surface area contributed by atoms with Gasteiger partial charge in [0, 0.05) is 0 Å². The number of nitrogens with zero attached hydrogens (tertiary/aromatic N) is 1. The number of hydrogen-bond acceptors (Lipinski definition) is 2. The predicted octanol–water partition coefficient (Wildman–Crippen LogP) is 0.689. The molecule has 0 fully saturated rings. The van der Waals surface area contributed by atoms with Gasteiger partial charge in [-0.3, -0.25) is 0 Å². The van der Waals surface area contributed by atoms with E-state index in [1.165, 1.54) is 9.82 Å². The first kappa shape index (κ1) is 10.7. The number of aromatic amines is 1. The Morgan fingerprint density at radius 1 is 1.47 bits per heavy atom. The SMILES string of the molecule is CN(C)CCc1c[se]c2cc[nH]c(=O)c12. The van der Waals surface area contributed by atoms with Crippen molar-refractivity contribution >= 4 is 24.1 Å². The third kappa shape index (κ3) is 2.23. The van der Waals surface area contributed by atoms with Crippen molar-refractivity contribution in [2.45, 2.75) is 6.42 Å². The predicted molar refractivity (Wildman–Crippen MR) is 63.8 cm³/mol. The quantitative estimate of drug-likeness (QED) is 0.832. The molecule has 2 aromatic heterocycles. The van der Waals surface area contributed by atoms with E-state index in [4.69, 9.17) is 0 Å². The van der Waals surface area contributed by atoms with Crippen molar-refractivity contribution in [3.8, 4) is 0 Å². The second-order valence-electron chi connectivity index (χ2n) is 3.86. The molecule has 0 saturated heterocycles. The van der Waals surface area contributed by atoms with Gasteiger partial charge < -0.3 is 0 Å². The molecule has 0 spiro atoms. The van der Waals surface area contributed by atoms with Crippen LogP contribution in [0.2, 0.25) is 0 Å². The van der Waals surface area contributed by atoms with Gasteiger partial charge >= 0.3 is 94.2 Å². The zero-order valence-electron chi connectivity index (χ0n) is 8.91. The number of nitrogens with one attached hydrogen (secondary N) is 1. The topological polar surface area (TPSA) is 36.1 Å². The normalized spacial score (nSPS) is 11.4. The van der Waals surface area contributed by atoms with Gasteiger partial charge in [-0.15, -0.1) is 0 Å². The minimum atomic E-state index is 0.0666. The van der Waals surface area contributed by atoms with Crippen LogP contribution in [0.5, 0.6) is 0 Å². The molecule has 0 atom stereocenters. The molecule has 15 heavy (non-hydrogen) atoms. The van der Waals surface area contributed by atoms with E-state index in [2.05, 4.69) is 28.9 Å². The van der Waals surface area contributed by atoms with Gasteiger partial charge in [0.2, 0.25) is 0 Å². The molecule has 0 aliphatic rings. The van der Waals surface area contributed by atoms with Crippen molar-refractivity contribution in [1.29, 1.82) is 0 Å². The molecule has 0 bridgehead atoms. The number of hydrogen-bond donors (Lipinski definition) is 1. The van der Waals surface area contributed by atoms with Crippen molar-refractivity contribution in [2.75, 3.05) is 20.6 Å². The Kier molecular flexibility index (Phi) is 3.10. The molecule has 0 aromatic carbocycles. The summed E-state index contributed by atoms with van der Waals surface area (Å²) in [5.74, 6) is 0. The Hall–Kier alpha value is -0.831. The Labute approximate surface area is 94.5 Å². The van der Waals surface area contributed by atoms with Gasteiger partial charge in [0.15, 0.2) is 0 Å². The van der Waals surface area contributed by atoms with Gasteiger partial charge in [0.25, 0.3) is 0 Å². The zero-order chi connectivity index (χ0) is 10.8. The van der Waals surface area contributed by atoms with Crippen LogP contribution in [0.15, 0.2) is 22.0 Å². The Morgan fingerprint density at radius 2 is 2.27 bits per heavy atom. The van der Waals surface area contributed by atoms with Gasteiger partial charge in [-0.25, -0.2) is 0 Å². The minimum absolute atomic E-state index is 0.0666. The van der Waals surface area contributed by atoms with Crippen molar-refractivity contribution < 1.29 is 0 Å². The maximum absolute atomic E-state index is 11.7. The van der Waals surface area contributed by atoms with E-state index in [-0.39, 0.29) is 5.56 Å². The molecule has 0 amide bonds. The number of H-pyrrole nitrogens is 1. The summed E-state index contributed by atoms with van der Waals surface area (Å²) in [7, 11) is 4.10. The van der Waals surface area contributed by atoms with Gasteiger partial charge in [0.05, 0.1) is 0 Å². The summed E-state index contributed by atoms with van der Waals surface area (Å²) in [6, 6.07) is 2.02. The van der Waals surface area contributed by atoms with E-state index in [1.807, 2.05) is 6.07 Å². The monoisotopic (exact) mass is 270 g/mol. The van der Waals surface area contributed by atoms with Crippen LogP contribution in [0.3, 0.4) is 0 Å². The molecule has 0 saturated carbocycles. The first-order valence-corrected chi connectivity index (χ1v) is 6.75. The van der Waals surface area contributed by atoms with E-state index >= 15 is 0 Å². The first-order chi connectivity index (χ1) is 7.18. The second-order valence-corrected chi connectivity index (χ2v) is 5.77. The molecular formula is C11H14N2OSe. The van der Waals surface area contributed by atoms with E-state index in [9.17, 15) is 4.79 Å². The number of aromatic nitrogens is 1. The van der Waals surface area contributed by atoms with Gasteiger partial charge in [-0.05, 0) is 0 Å². The summed E-state index contributed by atoms with van der Waals surface area (Å²) in [6.07, 6.45) is 2.71. The molecule has 2 heterocycles. The van der Waals surface area contributed by atoms with Crippen LogP contribution in [0.1, 0.15) is 5.56 Å². The van der Waals surface area contributed by atoms with Crippen molar-refractivity contribution in [2.24, 2.45) is 0 Å². The molecule has 80 valence electrons. The second kappa shape index (κ2) is 4.35. The Balaban J connectivity index is 2.40. The molecular weight excluding hydrogens is 255 g/mol. The van der Waals surface area contributed by atoms with Crippen LogP contribution in [0.25, 0.3) is 9.65 Å². The fourth-order valence-electron chi connectivity index (χ4n) is 1.58. The molecule has 0 radical (unpaired) electrons. The molecule has 0 aliphatic carbocycles. The van der Waals surface area contributed by atoms with Crippen molar-refractivity contribution in [3.05, 3.63) is 33.1 Å². The molecule has 2 rings (SSSR count).